The lowest BCUT2D eigenvalue weighted by Crippen LogP contribution is -2.10. The highest BCUT2D eigenvalue weighted by Gasteiger charge is 2.16. The van der Waals surface area contributed by atoms with E-state index in [2.05, 4.69) is 10.2 Å². The molecule has 1 heterocycles. The zero-order valence-electron chi connectivity index (χ0n) is 16.2. The van der Waals surface area contributed by atoms with Crippen molar-refractivity contribution < 1.29 is 28.2 Å². The van der Waals surface area contributed by atoms with Crippen molar-refractivity contribution in [2.45, 2.75) is 12.1 Å². The van der Waals surface area contributed by atoms with Crippen LogP contribution in [0.1, 0.15) is 6.92 Å². The average Bonchev–Trinajstić information content (AvgIpc) is 3.22. The second kappa shape index (κ2) is 9.83. The molecule has 0 aliphatic rings. The first kappa shape index (κ1) is 20.5. The molecule has 0 N–H and O–H groups in total. The molecule has 0 radical (unpaired) electrons. The summed E-state index contributed by atoms with van der Waals surface area (Å²) in [5, 5.41) is 8.22. The third kappa shape index (κ3) is 5.41. The summed E-state index contributed by atoms with van der Waals surface area (Å²) in [6.45, 7) is 2.48. The topological polar surface area (TPSA) is 92.9 Å². The number of benzene rings is 2. The van der Waals surface area contributed by atoms with Crippen LogP contribution in [0.5, 0.6) is 23.0 Å². The first-order chi connectivity index (χ1) is 14.1. The minimum absolute atomic E-state index is 0.0224. The van der Waals surface area contributed by atoms with E-state index in [-0.39, 0.29) is 16.9 Å². The van der Waals surface area contributed by atoms with Crippen molar-refractivity contribution in [1.82, 2.24) is 10.2 Å². The molecule has 9 heteroatoms. The molecule has 0 atom stereocenters. The van der Waals surface area contributed by atoms with Gasteiger partial charge in [0.15, 0.2) is 0 Å². The van der Waals surface area contributed by atoms with E-state index in [1.165, 1.54) is 0 Å². The molecule has 0 amide bonds. The Labute approximate surface area is 172 Å². The van der Waals surface area contributed by atoms with Gasteiger partial charge in [-0.3, -0.25) is 4.79 Å². The quantitative estimate of drug-likeness (QED) is 0.293. The molecular formula is C20H20N2O6S. The molecule has 0 aliphatic heterocycles. The van der Waals surface area contributed by atoms with E-state index in [4.69, 9.17) is 23.4 Å². The molecule has 2 aromatic carbocycles. The van der Waals surface area contributed by atoms with E-state index in [1.54, 1.807) is 56.7 Å². The molecule has 0 unspecified atom stereocenters. The van der Waals surface area contributed by atoms with Gasteiger partial charge < -0.3 is 23.4 Å². The predicted octanol–water partition coefficient (Wildman–Crippen LogP) is 3.85. The van der Waals surface area contributed by atoms with E-state index < -0.39 is 5.97 Å². The lowest BCUT2D eigenvalue weighted by molar-refractivity contribution is -0.131. The van der Waals surface area contributed by atoms with Crippen LogP contribution in [0.2, 0.25) is 0 Å². The number of thioether (sulfide) groups is 1. The molecule has 0 spiro atoms. The van der Waals surface area contributed by atoms with Gasteiger partial charge in [-0.05, 0) is 43.3 Å². The van der Waals surface area contributed by atoms with Crippen LogP contribution in [0, 0.1) is 0 Å². The second-order valence-electron chi connectivity index (χ2n) is 5.61. The summed E-state index contributed by atoms with van der Waals surface area (Å²) in [7, 11) is 3.11. The Morgan fingerprint density at radius 2 is 1.72 bits per heavy atom. The van der Waals surface area contributed by atoms with E-state index in [0.717, 1.165) is 11.8 Å². The fourth-order valence-electron chi connectivity index (χ4n) is 2.40. The molecule has 152 valence electrons. The molecular weight excluding hydrogens is 396 g/mol. The van der Waals surface area contributed by atoms with E-state index in [9.17, 15) is 4.79 Å². The molecule has 8 nitrogen and oxygen atoms in total. The average molecular weight is 416 g/mol. The smallest absolute Gasteiger partial charge is 0.321 e. The lowest BCUT2D eigenvalue weighted by atomic mass is 10.2. The minimum atomic E-state index is -0.430. The van der Waals surface area contributed by atoms with Gasteiger partial charge in [-0.2, -0.15) is 0 Å². The molecule has 29 heavy (non-hydrogen) atoms. The van der Waals surface area contributed by atoms with Crippen molar-refractivity contribution in [3.05, 3.63) is 42.5 Å². The van der Waals surface area contributed by atoms with Gasteiger partial charge in [-0.1, -0.05) is 11.8 Å². The minimum Gasteiger partial charge on any atom is -0.497 e. The van der Waals surface area contributed by atoms with Gasteiger partial charge in [-0.15, -0.1) is 10.2 Å². The molecule has 3 rings (SSSR count). The van der Waals surface area contributed by atoms with Crippen molar-refractivity contribution in [2.75, 3.05) is 26.6 Å². The monoisotopic (exact) mass is 416 g/mol. The Hall–Kier alpha value is -3.20. The van der Waals surface area contributed by atoms with Gasteiger partial charge in [0.05, 0.1) is 26.4 Å². The number of esters is 1. The van der Waals surface area contributed by atoms with Crippen molar-refractivity contribution in [3.63, 3.8) is 0 Å². The first-order valence-electron chi connectivity index (χ1n) is 8.75. The summed E-state index contributed by atoms with van der Waals surface area (Å²) in [4.78, 5) is 12.0. The highest BCUT2D eigenvalue weighted by molar-refractivity contribution is 7.99. The largest absolute Gasteiger partial charge is 0.497 e. The zero-order valence-corrected chi connectivity index (χ0v) is 17.0. The van der Waals surface area contributed by atoms with Crippen LogP contribution in [0.4, 0.5) is 0 Å². The van der Waals surface area contributed by atoms with Crippen LogP contribution in [-0.4, -0.2) is 42.7 Å². The summed E-state index contributed by atoms with van der Waals surface area (Å²) in [6, 6.07) is 12.1. The third-order valence-corrected chi connectivity index (χ3v) is 4.52. The molecule has 3 aromatic rings. The Balaban J connectivity index is 1.58. The standard InChI is InChI=1S/C20H20N2O6S/c1-4-26-13-5-7-14(8-6-13)27-18(23)12-29-20-22-21-19(28-20)16-10-9-15(24-2)11-17(16)25-3/h5-11H,4,12H2,1-3H3. The Morgan fingerprint density at radius 3 is 2.41 bits per heavy atom. The normalized spacial score (nSPS) is 10.4. The van der Waals surface area contributed by atoms with Crippen molar-refractivity contribution in [3.8, 4) is 34.5 Å². The number of ether oxygens (including phenoxy) is 4. The van der Waals surface area contributed by atoms with Gasteiger partial charge in [0.25, 0.3) is 11.1 Å². The van der Waals surface area contributed by atoms with Gasteiger partial charge in [-0.25, -0.2) is 0 Å². The summed E-state index contributed by atoms with van der Waals surface area (Å²) >= 11 is 1.09. The maximum Gasteiger partial charge on any atom is 0.321 e. The van der Waals surface area contributed by atoms with Crippen molar-refractivity contribution >= 4 is 17.7 Å². The highest BCUT2D eigenvalue weighted by atomic mass is 32.2. The molecule has 0 fully saturated rings. The van der Waals surface area contributed by atoms with Crippen LogP contribution >= 0.6 is 11.8 Å². The fraction of sp³-hybridized carbons (Fsp3) is 0.250. The summed E-state index contributed by atoms with van der Waals surface area (Å²) < 4.78 is 26.8. The molecule has 0 saturated carbocycles. The number of methoxy groups -OCH3 is 2. The van der Waals surface area contributed by atoms with Crippen LogP contribution in [0.15, 0.2) is 52.1 Å². The Kier molecular flexibility index (Phi) is 6.96. The number of nitrogens with zero attached hydrogens (tertiary/aromatic N) is 2. The van der Waals surface area contributed by atoms with Gasteiger partial charge in [0.1, 0.15) is 28.8 Å². The molecule has 0 saturated heterocycles. The Morgan fingerprint density at radius 1 is 1.00 bits per heavy atom. The number of rotatable bonds is 9. The second-order valence-corrected chi connectivity index (χ2v) is 6.53. The zero-order chi connectivity index (χ0) is 20.6. The third-order valence-electron chi connectivity index (χ3n) is 3.73. The van der Waals surface area contributed by atoms with Crippen LogP contribution in [0.3, 0.4) is 0 Å². The van der Waals surface area contributed by atoms with Crippen molar-refractivity contribution in [1.29, 1.82) is 0 Å². The molecule has 0 aliphatic carbocycles. The summed E-state index contributed by atoms with van der Waals surface area (Å²) in [6.07, 6.45) is 0. The number of carbonyl (C=O) groups excluding carboxylic acids is 1. The first-order valence-corrected chi connectivity index (χ1v) is 9.73. The highest BCUT2D eigenvalue weighted by Crippen LogP contribution is 2.33. The maximum atomic E-state index is 12.0. The fourth-order valence-corrected chi connectivity index (χ4v) is 2.94. The van der Waals surface area contributed by atoms with Crippen LogP contribution in [0.25, 0.3) is 11.5 Å². The number of aromatic nitrogens is 2. The van der Waals surface area contributed by atoms with Gasteiger partial charge >= 0.3 is 5.97 Å². The van der Waals surface area contributed by atoms with Gasteiger partial charge in [0, 0.05) is 6.07 Å². The van der Waals surface area contributed by atoms with Gasteiger partial charge in [0.2, 0.25) is 0 Å². The maximum absolute atomic E-state index is 12.0. The summed E-state index contributed by atoms with van der Waals surface area (Å²) in [5.74, 6) is 2.22. The number of hydrogen-bond donors (Lipinski definition) is 0. The van der Waals surface area contributed by atoms with Crippen LogP contribution in [-0.2, 0) is 4.79 Å². The lowest BCUT2D eigenvalue weighted by Gasteiger charge is -2.07. The predicted molar refractivity (Wildman–Crippen MR) is 107 cm³/mol. The molecule has 0 bridgehead atoms. The summed E-state index contributed by atoms with van der Waals surface area (Å²) in [5.41, 5.74) is 0.629. The van der Waals surface area contributed by atoms with Crippen LogP contribution < -0.4 is 18.9 Å². The van der Waals surface area contributed by atoms with E-state index in [1.807, 2.05) is 6.92 Å². The van der Waals surface area contributed by atoms with E-state index >= 15 is 0 Å². The number of carbonyl (C=O) groups is 1. The molecule has 1 aromatic heterocycles. The Bertz CT molecular complexity index is 958. The van der Waals surface area contributed by atoms with Crippen molar-refractivity contribution in [2.24, 2.45) is 0 Å². The number of hydrogen-bond acceptors (Lipinski definition) is 9. The SMILES string of the molecule is CCOc1ccc(OC(=O)CSc2nnc(-c3ccc(OC)cc3OC)o2)cc1. The van der Waals surface area contributed by atoms with E-state index in [0.29, 0.717) is 35.2 Å².